The number of carbonyl (C=O) groups is 1. The molecular weight excluding hydrogens is 508 g/mol. The molecule has 1 aliphatic rings. The summed E-state index contributed by atoms with van der Waals surface area (Å²) in [4.78, 5) is 28.6. The lowest BCUT2D eigenvalue weighted by molar-refractivity contribution is -0.140. The van der Waals surface area contributed by atoms with Crippen LogP contribution in [0.2, 0.25) is 0 Å². The first-order valence-electron chi connectivity index (χ1n) is 11.7. The molecule has 0 aliphatic carbocycles. The molecule has 202 valence electrons. The third-order valence-corrected chi connectivity index (χ3v) is 6.24. The lowest BCUT2D eigenvalue weighted by Crippen LogP contribution is -2.49. The number of amides is 1. The second kappa shape index (κ2) is 10.8. The van der Waals surface area contributed by atoms with E-state index in [1.807, 2.05) is 4.90 Å². The zero-order valence-electron chi connectivity index (χ0n) is 20.7. The molecule has 3 aromatic rings. The van der Waals surface area contributed by atoms with E-state index >= 15 is 0 Å². The number of alkyl halides is 3. The molecule has 4 rings (SSSR count). The molecule has 0 bridgehead atoms. The molecule has 0 spiro atoms. The Balaban J connectivity index is 1.73. The van der Waals surface area contributed by atoms with Gasteiger partial charge in [0.1, 0.15) is 29.8 Å². The van der Waals surface area contributed by atoms with E-state index in [-0.39, 0.29) is 28.8 Å². The number of anilines is 2. The number of nitrogens with zero attached hydrogens (tertiary/aromatic N) is 5. The summed E-state index contributed by atoms with van der Waals surface area (Å²) in [6, 6.07) is 3.75. The molecule has 0 radical (unpaired) electrons. The van der Waals surface area contributed by atoms with Crippen molar-refractivity contribution < 1.29 is 32.2 Å². The molecule has 1 amide bonds. The highest BCUT2D eigenvalue weighted by Crippen LogP contribution is 2.37. The Morgan fingerprint density at radius 2 is 1.95 bits per heavy atom. The van der Waals surface area contributed by atoms with E-state index in [2.05, 4.69) is 26.8 Å². The topological polar surface area (TPSA) is 104 Å². The van der Waals surface area contributed by atoms with Crippen molar-refractivity contribution >= 4 is 28.4 Å². The Hall–Kier alpha value is -4.00. The van der Waals surface area contributed by atoms with E-state index in [0.29, 0.717) is 49.1 Å². The molecule has 38 heavy (non-hydrogen) atoms. The third kappa shape index (κ3) is 5.32. The van der Waals surface area contributed by atoms with Crippen LogP contribution in [-0.2, 0) is 11.0 Å². The highest BCUT2D eigenvalue weighted by Gasteiger charge is 2.35. The second-order valence-corrected chi connectivity index (χ2v) is 8.60. The summed E-state index contributed by atoms with van der Waals surface area (Å²) in [6.07, 6.45) is -3.57. The van der Waals surface area contributed by atoms with Crippen molar-refractivity contribution in [1.29, 1.82) is 0 Å². The number of aliphatic hydroxyl groups is 1. The first-order chi connectivity index (χ1) is 18.1. The van der Waals surface area contributed by atoms with Crippen molar-refractivity contribution in [1.82, 2.24) is 19.9 Å². The van der Waals surface area contributed by atoms with E-state index < -0.39 is 30.2 Å². The van der Waals surface area contributed by atoms with Crippen molar-refractivity contribution in [3.8, 4) is 5.88 Å². The predicted octanol–water partition coefficient (Wildman–Crippen LogP) is 3.48. The molecule has 1 atom stereocenters. The van der Waals surface area contributed by atoms with Crippen molar-refractivity contribution in [2.24, 2.45) is 0 Å². The summed E-state index contributed by atoms with van der Waals surface area (Å²) >= 11 is 0. The molecule has 9 nitrogen and oxygen atoms in total. The molecule has 1 aromatic carbocycles. The summed E-state index contributed by atoms with van der Waals surface area (Å²) in [5.41, 5.74) is -0.764. The van der Waals surface area contributed by atoms with E-state index in [0.717, 1.165) is 6.07 Å². The van der Waals surface area contributed by atoms with E-state index in [4.69, 9.17) is 9.84 Å². The highest BCUT2D eigenvalue weighted by molar-refractivity contribution is 5.91. The Bertz CT molecular complexity index is 1360. The summed E-state index contributed by atoms with van der Waals surface area (Å²) in [7, 11) is 1.46. The number of ether oxygens (including phenoxy) is 1. The smallest absolute Gasteiger partial charge is 0.419 e. The van der Waals surface area contributed by atoms with Gasteiger partial charge in [-0.15, -0.1) is 6.58 Å². The van der Waals surface area contributed by atoms with Gasteiger partial charge in [0.2, 0.25) is 11.8 Å². The van der Waals surface area contributed by atoms with Crippen molar-refractivity contribution in [3.63, 3.8) is 0 Å². The lowest BCUT2D eigenvalue weighted by atomic mass is 10.0. The fourth-order valence-corrected chi connectivity index (χ4v) is 4.34. The SMILES string of the molecule is C=C[C@@H](Nc1nc(C)nc2nc(OC)c(N3CCN(C(=O)CO)CC3)cc12)c1cccc(C(F)(F)F)c1F. The maximum absolute atomic E-state index is 14.9. The number of aromatic nitrogens is 3. The highest BCUT2D eigenvalue weighted by atomic mass is 19.4. The summed E-state index contributed by atoms with van der Waals surface area (Å²) in [5, 5.41) is 12.5. The molecule has 0 unspecified atom stereocenters. The van der Waals surface area contributed by atoms with Gasteiger partial charge in [0.05, 0.1) is 24.1 Å². The Morgan fingerprint density at radius 1 is 1.24 bits per heavy atom. The average Bonchev–Trinajstić information content (AvgIpc) is 2.90. The number of nitrogens with one attached hydrogen (secondary N) is 1. The zero-order chi connectivity index (χ0) is 27.6. The zero-order valence-corrected chi connectivity index (χ0v) is 20.7. The van der Waals surface area contributed by atoms with Crippen molar-refractivity contribution in [2.75, 3.05) is 50.1 Å². The fourth-order valence-electron chi connectivity index (χ4n) is 4.34. The van der Waals surface area contributed by atoms with Crippen LogP contribution in [0.1, 0.15) is 23.0 Å². The standard InChI is InChI=1S/C25H26F4N6O3/c1-4-18(15-6-5-7-17(21(15)26)25(27,28)29)32-22-16-12-19(24(38-3)33-23(16)31-14(2)30-22)34-8-10-35(11-9-34)20(37)13-36/h4-7,12,18,36H,1,8-11,13H2,2-3H3,(H,30,31,32,33)/t18-/m1/s1. The van der Waals surface area contributed by atoms with Gasteiger partial charge in [0.15, 0.2) is 5.65 Å². The number of piperazine rings is 1. The second-order valence-electron chi connectivity index (χ2n) is 8.60. The molecule has 1 fully saturated rings. The van der Waals surface area contributed by atoms with Gasteiger partial charge in [-0.05, 0) is 19.1 Å². The van der Waals surface area contributed by atoms with E-state index in [1.165, 1.54) is 19.3 Å². The molecule has 13 heteroatoms. The number of methoxy groups -OCH3 is 1. The summed E-state index contributed by atoms with van der Waals surface area (Å²) < 4.78 is 60.3. The first kappa shape index (κ1) is 27.0. The lowest BCUT2D eigenvalue weighted by Gasteiger charge is -2.36. The minimum Gasteiger partial charge on any atom is -0.479 e. The van der Waals surface area contributed by atoms with Crippen LogP contribution in [-0.4, -0.2) is 70.8 Å². The normalized spacial score (nSPS) is 14.9. The van der Waals surface area contributed by atoms with Crippen LogP contribution in [0.15, 0.2) is 36.9 Å². The van der Waals surface area contributed by atoms with Gasteiger partial charge in [-0.3, -0.25) is 4.79 Å². The summed E-state index contributed by atoms with van der Waals surface area (Å²) in [6.45, 7) is 6.36. The largest absolute Gasteiger partial charge is 0.479 e. The number of halogens is 4. The number of hydrogen-bond acceptors (Lipinski definition) is 8. The minimum absolute atomic E-state index is 0.222. The monoisotopic (exact) mass is 534 g/mol. The number of hydrogen-bond donors (Lipinski definition) is 2. The van der Waals surface area contributed by atoms with Gasteiger partial charge < -0.3 is 25.0 Å². The van der Waals surface area contributed by atoms with Crippen LogP contribution in [0.3, 0.4) is 0 Å². The predicted molar refractivity (Wildman–Crippen MR) is 132 cm³/mol. The number of carbonyl (C=O) groups excluding carboxylic acids is 1. The number of rotatable bonds is 7. The average molecular weight is 535 g/mol. The van der Waals surface area contributed by atoms with Gasteiger partial charge >= 0.3 is 6.18 Å². The number of aliphatic hydroxyl groups excluding tert-OH is 1. The van der Waals surface area contributed by atoms with Gasteiger partial charge in [0, 0.05) is 31.7 Å². The quantitative estimate of drug-likeness (QED) is 0.351. The molecule has 3 heterocycles. The third-order valence-electron chi connectivity index (χ3n) is 6.24. The molecule has 0 saturated carbocycles. The maximum atomic E-state index is 14.9. The Morgan fingerprint density at radius 3 is 2.55 bits per heavy atom. The first-order valence-corrected chi connectivity index (χ1v) is 11.7. The fraction of sp³-hybridized carbons (Fsp3) is 0.360. The van der Waals surface area contributed by atoms with Crippen LogP contribution < -0.4 is 15.0 Å². The molecular formula is C25H26F4N6O3. The van der Waals surface area contributed by atoms with Crippen molar-refractivity contribution in [3.05, 3.63) is 59.7 Å². The van der Waals surface area contributed by atoms with Crippen LogP contribution in [0.25, 0.3) is 11.0 Å². The molecule has 1 aliphatic heterocycles. The summed E-state index contributed by atoms with van der Waals surface area (Å²) in [5.74, 6) is -0.928. The molecule has 2 aromatic heterocycles. The minimum atomic E-state index is -4.86. The maximum Gasteiger partial charge on any atom is 0.419 e. The number of pyridine rings is 1. The molecule has 2 N–H and O–H groups in total. The van der Waals surface area contributed by atoms with Gasteiger partial charge in [-0.1, -0.05) is 18.2 Å². The van der Waals surface area contributed by atoms with Crippen LogP contribution in [0, 0.1) is 12.7 Å². The molecule has 1 saturated heterocycles. The Labute approximate surface area is 215 Å². The van der Waals surface area contributed by atoms with E-state index in [9.17, 15) is 22.4 Å². The van der Waals surface area contributed by atoms with Crippen molar-refractivity contribution in [2.45, 2.75) is 19.1 Å². The van der Waals surface area contributed by atoms with Gasteiger partial charge in [-0.2, -0.15) is 18.2 Å². The van der Waals surface area contributed by atoms with Crippen LogP contribution >= 0.6 is 0 Å². The van der Waals surface area contributed by atoms with Gasteiger partial charge in [0.25, 0.3) is 0 Å². The van der Waals surface area contributed by atoms with Crippen LogP contribution in [0.4, 0.5) is 29.1 Å². The number of aryl methyl sites for hydroxylation is 1. The number of fused-ring (bicyclic) bond motifs is 1. The van der Waals surface area contributed by atoms with E-state index in [1.54, 1.807) is 17.9 Å². The Kier molecular flexibility index (Phi) is 7.67. The van der Waals surface area contributed by atoms with Gasteiger partial charge in [-0.25, -0.2) is 14.4 Å². The van der Waals surface area contributed by atoms with Crippen LogP contribution in [0.5, 0.6) is 5.88 Å². The number of benzene rings is 1.